The third-order valence-electron chi connectivity index (χ3n) is 3.32. The molecule has 0 spiro atoms. The van der Waals surface area contributed by atoms with Gasteiger partial charge in [0.2, 0.25) is 0 Å². The van der Waals surface area contributed by atoms with Crippen LogP contribution in [0.15, 0.2) is 0 Å². The number of hydrogen-bond acceptors (Lipinski definition) is 3. The summed E-state index contributed by atoms with van der Waals surface area (Å²) in [5.74, 6) is 1.12. The van der Waals surface area contributed by atoms with E-state index in [1.54, 1.807) is 0 Å². The van der Waals surface area contributed by atoms with Gasteiger partial charge in [-0.3, -0.25) is 0 Å². The minimum Gasteiger partial charge on any atom is -0.393 e. The fraction of sp³-hybridized carbons (Fsp3) is 1.00. The molecule has 0 heterocycles. The molecule has 0 aromatic rings. The van der Waals surface area contributed by atoms with Crippen LogP contribution < -0.4 is 5.73 Å². The minimum atomic E-state index is -0.154. The van der Waals surface area contributed by atoms with E-state index >= 15 is 0 Å². The van der Waals surface area contributed by atoms with Crippen LogP contribution >= 0.6 is 11.8 Å². The summed E-state index contributed by atoms with van der Waals surface area (Å²) in [5, 5.41) is 9.96. The molecule has 0 aromatic heterocycles. The molecule has 0 saturated heterocycles. The zero-order valence-electron chi connectivity index (χ0n) is 8.46. The molecule has 3 heteroatoms. The standard InChI is InChI=1S/C10H21NOS/c1-13-7-6-10(8-11)5-3-2-4-9(10)12/h9,12H,2-8,11H2,1H3. The van der Waals surface area contributed by atoms with Crippen molar-refractivity contribution in [3.63, 3.8) is 0 Å². The van der Waals surface area contributed by atoms with Gasteiger partial charge in [0.05, 0.1) is 6.10 Å². The van der Waals surface area contributed by atoms with E-state index < -0.39 is 0 Å². The molecule has 2 nitrogen and oxygen atoms in total. The summed E-state index contributed by atoms with van der Waals surface area (Å²) in [7, 11) is 0. The molecule has 0 amide bonds. The van der Waals surface area contributed by atoms with E-state index in [1.807, 2.05) is 11.8 Å². The third kappa shape index (κ3) is 2.61. The highest BCUT2D eigenvalue weighted by Gasteiger charge is 2.37. The van der Waals surface area contributed by atoms with Gasteiger partial charge in [0.1, 0.15) is 0 Å². The van der Waals surface area contributed by atoms with Gasteiger partial charge < -0.3 is 10.8 Å². The van der Waals surface area contributed by atoms with Gasteiger partial charge in [-0.1, -0.05) is 12.8 Å². The highest BCUT2D eigenvalue weighted by atomic mass is 32.2. The smallest absolute Gasteiger partial charge is 0.0608 e. The second-order valence-electron chi connectivity index (χ2n) is 4.07. The SMILES string of the molecule is CSCCC1(CN)CCCCC1O. The van der Waals surface area contributed by atoms with Gasteiger partial charge in [-0.15, -0.1) is 0 Å². The summed E-state index contributed by atoms with van der Waals surface area (Å²) < 4.78 is 0. The van der Waals surface area contributed by atoms with Crippen molar-refractivity contribution < 1.29 is 5.11 Å². The lowest BCUT2D eigenvalue weighted by Gasteiger charge is -2.40. The normalized spacial score (nSPS) is 34.8. The number of aliphatic hydroxyl groups is 1. The van der Waals surface area contributed by atoms with Crippen LogP contribution in [0.1, 0.15) is 32.1 Å². The Morgan fingerprint density at radius 3 is 2.85 bits per heavy atom. The third-order valence-corrected chi connectivity index (χ3v) is 3.93. The van der Waals surface area contributed by atoms with Crippen molar-refractivity contribution in [2.75, 3.05) is 18.6 Å². The molecule has 2 unspecified atom stereocenters. The second kappa shape index (κ2) is 5.23. The molecule has 0 radical (unpaired) electrons. The van der Waals surface area contributed by atoms with Gasteiger partial charge in [-0.25, -0.2) is 0 Å². The van der Waals surface area contributed by atoms with Gasteiger partial charge in [0.15, 0.2) is 0 Å². The van der Waals surface area contributed by atoms with Gasteiger partial charge >= 0.3 is 0 Å². The molecule has 1 aliphatic carbocycles. The Balaban J connectivity index is 2.53. The molecular formula is C10H21NOS. The Bertz CT molecular complexity index is 154. The number of rotatable bonds is 4. The lowest BCUT2D eigenvalue weighted by Crippen LogP contribution is -2.44. The van der Waals surface area contributed by atoms with E-state index in [0.717, 1.165) is 25.0 Å². The average Bonchev–Trinajstić information content (AvgIpc) is 2.17. The summed E-state index contributed by atoms with van der Waals surface area (Å²) in [5.41, 5.74) is 5.84. The van der Waals surface area contributed by atoms with Gasteiger partial charge in [-0.05, 0) is 31.3 Å². The molecule has 0 aliphatic heterocycles. The van der Waals surface area contributed by atoms with E-state index in [9.17, 15) is 5.11 Å². The highest BCUT2D eigenvalue weighted by molar-refractivity contribution is 7.98. The largest absolute Gasteiger partial charge is 0.393 e. The zero-order chi connectivity index (χ0) is 9.73. The number of hydrogen-bond donors (Lipinski definition) is 2. The number of thioether (sulfide) groups is 1. The fourth-order valence-corrected chi connectivity index (χ4v) is 2.84. The van der Waals surface area contributed by atoms with Crippen molar-refractivity contribution in [2.45, 2.75) is 38.2 Å². The van der Waals surface area contributed by atoms with E-state index in [0.29, 0.717) is 6.54 Å². The molecule has 78 valence electrons. The van der Waals surface area contributed by atoms with Crippen LogP contribution in [0.4, 0.5) is 0 Å². The molecule has 0 aromatic carbocycles. The predicted octanol–water partition coefficient (Wildman–Crippen LogP) is 1.62. The van der Waals surface area contributed by atoms with Crippen molar-refractivity contribution in [1.82, 2.24) is 0 Å². The predicted molar refractivity (Wildman–Crippen MR) is 59.0 cm³/mol. The lowest BCUT2D eigenvalue weighted by molar-refractivity contribution is -0.00776. The molecule has 2 atom stereocenters. The van der Waals surface area contributed by atoms with Crippen LogP contribution in [0.5, 0.6) is 0 Å². The Morgan fingerprint density at radius 1 is 1.54 bits per heavy atom. The van der Waals surface area contributed by atoms with Crippen LogP contribution in [0.2, 0.25) is 0 Å². The Hall–Kier alpha value is 0.270. The van der Waals surface area contributed by atoms with Gasteiger partial charge in [-0.2, -0.15) is 11.8 Å². The van der Waals surface area contributed by atoms with Crippen LogP contribution in [0, 0.1) is 5.41 Å². The summed E-state index contributed by atoms with van der Waals surface area (Å²) in [6, 6.07) is 0. The minimum absolute atomic E-state index is 0.0429. The zero-order valence-corrected chi connectivity index (χ0v) is 9.28. The summed E-state index contributed by atoms with van der Waals surface area (Å²) >= 11 is 1.84. The first-order valence-electron chi connectivity index (χ1n) is 5.12. The van der Waals surface area contributed by atoms with Crippen LogP contribution in [-0.4, -0.2) is 29.8 Å². The number of aliphatic hydroxyl groups excluding tert-OH is 1. The summed E-state index contributed by atoms with van der Waals surface area (Å²) in [4.78, 5) is 0. The second-order valence-corrected chi connectivity index (χ2v) is 5.06. The molecule has 3 N–H and O–H groups in total. The van der Waals surface area contributed by atoms with Crippen molar-refractivity contribution in [1.29, 1.82) is 0 Å². The Kier molecular flexibility index (Phi) is 4.56. The molecule has 1 fully saturated rings. The maximum atomic E-state index is 9.96. The summed E-state index contributed by atoms with van der Waals surface area (Å²) in [6.07, 6.45) is 7.51. The molecule has 1 aliphatic rings. The molecule has 0 bridgehead atoms. The number of nitrogens with two attached hydrogens (primary N) is 1. The van der Waals surface area contributed by atoms with Crippen LogP contribution in [0.25, 0.3) is 0 Å². The van der Waals surface area contributed by atoms with Crippen molar-refractivity contribution >= 4 is 11.8 Å². The first kappa shape index (κ1) is 11.3. The van der Waals surface area contributed by atoms with E-state index in [-0.39, 0.29) is 11.5 Å². The van der Waals surface area contributed by atoms with Gasteiger partial charge in [0.25, 0.3) is 0 Å². The van der Waals surface area contributed by atoms with E-state index in [1.165, 1.54) is 12.8 Å². The Labute approximate surface area is 85.3 Å². The topological polar surface area (TPSA) is 46.2 Å². The molecular weight excluding hydrogens is 182 g/mol. The Morgan fingerprint density at radius 2 is 2.31 bits per heavy atom. The molecule has 1 rings (SSSR count). The first-order valence-corrected chi connectivity index (χ1v) is 6.51. The molecule has 1 saturated carbocycles. The fourth-order valence-electron chi connectivity index (χ4n) is 2.22. The summed E-state index contributed by atoms with van der Waals surface area (Å²) in [6.45, 7) is 0.648. The monoisotopic (exact) mass is 203 g/mol. The van der Waals surface area contributed by atoms with Crippen molar-refractivity contribution in [2.24, 2.45) is 11.1 Å². The first-order chi connectivity index (χ1) is 6.25. The van der Waals surface area contributed by atoms with Crippen LogP contribution in [-0.2, 0) is 0 Å². The maximum Gasteiger partial charge on any atom is 0.0608 e. The highest BCUT2D eigenvalue weighted by Crippen LogP contribution is 2.39. The average molecular weight is 203 g/mol. The quantitative estimate of drug-likeness (QED) is 0.730. The van der Waals surface area contributed by atoms with E-state index in [4.69, 9.17) is 5.73 Å². The van der Waals surface area contributed by atoms with Crippen molar-refractivity contribution in [3.05, 3.63) is 0 Å². The van der Waals surface area contributed by atoms with E-state index in [2.05, 4.69) is 6.26 Å². The van der Waals surface area contributed by atoms with Crippen molar-refractivity contribution in [3.8, 4) is 0 Å². The molecule has 13 heavy (non-hydrogen) atoms. The van der Waals surface area contributed by atoms with Crippen LogP contribution in [0.3, 0.4) is 0 Å². The van der Waals surface area contributed by atoms with Gasteiger partial charge in [0, 0.05) is 12.0 Å². The maximum absolute atomic E-state index is 9.96. The lowest BCUT2D eigenvalue weighted by atomic mass is 9.70.